The Morgan fingerprint density at radius 3 is 2.62 bits per heavy atom. The summed E-state index contributed by atoms with van der Waals surface area (Å²) in [6, 6.07) is 2.06. The quantitative estimate of drug-likeness (QED) is 0.561. The number of hydrogen-bond acceptors (Lipinski definition) is 1. The zero-order valence-corrected chi connectivity index (χ0v) is 5.15. The van der Waals surface area contributed by atoms with Crippen LogP contribution in [0.5, 0.6) is 0 Å². The highest BCUT2D eigenvalue weighted by Crippen LogP contribution is 2.05. The molecule has 0 aliphatic carbocycles. The van der Waals surface area contributed by atoms with Crippen molar-refractivity contribution >= 4 is 5.69 Å². The topological polar surface area (TPSA) is 27.8 Å². The smallest absolute Gasteiger partial charge is 0.0517 e. The van der Waals surface area contributed by atoms with Crippen molar-refractivity contribution in [2.24, 2.45) is 0 Å². The summed E-state index contributed by atoms with van der Waals surface area (Å²) in [6.07, 6.45) is 1.94. The van der Waals surface area contributed by atoms with E-state index in [4.69, 9.17) is 0 Å². The molecule has 1 aromatic heterocycles. The van der Waals surface area contributed by atoms with Crippen LogP contribution in [0.25, 0.3) is 0 Å². The van der Waals surface area contributed by atoms with Crippen molar-refractivity contribution in [2.75, 3.05) is 12.4 Å². The fourth-order valence-electron chi connectivity index (χ4n) is 0.653. The Hall–Kier alpha value is -0.920. The van der Waals surface area contributed by atoms with E-state index in [-0.39, 0.29) is 0 Å². The van der Waals surface area contributed by atoms with Crippen LogP contribution in [-0.4, -0.2) is 12.0 Å². The van der Waals surface area contributed by atoms with Gasteiger partial charge in [-0.3, -0.25) is 0 Å². The van der Waals surface area contributed by atoms with Crippen molar-refractivity contribution in [3.8, 4) is 0 Å². The van der Waals surface area contributed by atoms with Crippen LogP contribution < -0.4 is 5.32 Å². The van der Waals surface area contributed by atoms with E-state index in [1.807, 2.05) is 20.2 Å². The summed E-state index contributed by atoms with van der Waals surface area (Å²) in [5.41, 5.74) is 2.33. The monoisotopic (exact) mass is 110 g/mol. The standard InChI is InChI=1S/C6H10N2/c1-5-3-6(7-2)4-8-5/h3-4,7-8H,1-2H3. The molecule has 1 rings (SSSR count). The van der Waals surface area contributed by atoms with Crippen molar-refractivity contribution in [3.05, 3.63) is 18.0 Å². The van der Waals surface area contributed by atoms with Crippen LogP contribution in [0.3, 0.4) is 0 Å². The van der Waals surface area contributed by atoms with Gasteiger partial charge >= 0.3 is 0 Å². The molecule has 0 fully saturated rings. The molecule has 2 heteroatoms. The van der Waals surface area contributed by atoms with Gasteiger partial charge in [-0.25, -0.2) is 0 Å². The Morgan fingerprint density at radius 1 is 1.62 bits per heavy atom. The molecule has 0 atom stereocenters. The maximum absolute atomic E-state index is 3.06. The summed E-state index contributed by atoms with van der Waals surface area (Å²) in [5, 5.41) is 3.02. The van der Waals surface area contributed by atoms with Gasteiger partial charge < -0.3 is 10.3 Å². The molecule has 0 amide bonds. The van der Waals surface area contributed by atoms with Crippen molar-refractivity contribution < 1.29 is 0 Å². The molecule has 0 aromatic carbocycles. The predicted octanol–water partition coefficient (Wildman–Crippen LogP) is 1.36. The highest BCUT2D eigenvalue weighted by atomic mass is 14.9. The molecule has 1 aromatic rings. The van der Waals surface area contributed by atoms with Gasteiger partial charge in [0.2, 0.25) is 0 Å². The van der Waals surface area contributed by atoms with Gasteiger partial charge in [0.15, 0.2) is 0 Å². The fraction of sp³-hybridized carbons (Fsp3) is 0.333. The second kappa shape index (κ2) is 1.90. The van der Waals surface area contributed by atoms with Crippen LogP contribution in [0.1, 0.15) is 5.69 Å². The van der Waals surface area contributed by atoms with Crippen molar-refractivity contribution in [2.45, 2.75) is 6.92 Å². The van der Waals surface area contributed by atoms with E-state index in [0.717, 1.165) is 5.69 Å². The highest BCUT2D eigenvalue weighted by Gasteiger charge is 1.87. The largest absolute Gasteiger partial charge is 0.387 e. The molecular weight excluding hydrogens is 100 g/mol. The third-order valence-corrected chi connectivity index (χ3v) is 1.12. The zero-order valence-electron chi connectivity index (χ0n) is 5.15. The minimum atomic E-state index is 1.14. The van der Waals surface area contributed by atoms with E-state index in [1.165, 1.54) is 5.69 Å². The van der Waals surface area contributed by atoms with Gasteiger partial charge in [-0.2, -0.15) is 0 Å². The average Bonchev–Trinajstić information content (AvgIpc) is 2.14. The van der Waals surface area contributed by atoms with Gasteiger partial charge in [0.05, 0.1) is 5.69 Å². The second-order valence-electron chi connectivity index (χ2n) is 1.82. The first-order chi connectivity index (χ1) is 3.83. The summed E-state index contributed by atoms with van der Waals surface area (Å²) < 4.78 is 0. The number of nitrogens with one attached hydrogen (secondary N) is 2. The molecule has 0 saturated carbocycles. The van der Waals surface area contributed by atoms with Crippen LogP contribution >= 0.6 is 0 Å². The lowest BCUT2D eigenvalue weighted by atomic mass is 10.4. The molecular formula is C6H10N2. The molecule has 0 bridgehead atoms. The first-order valence-corrected chi connectivity index (χ1v) is 2.65. The van der Waals surface area contributed by atoms with Crippen molar-refractivity contribution in [3.63, 3.8) is 0 Å². The van der Waals surface area contributed by atoms with Gasteiger partial charge in [-0.1, -0.05) is 0 Å². The third-order valence-electron chi connectivity index (χ3n) is 1.12. The SMILES string of the molecule is CNc1c[nH]c(C)c1. The Kier molecular flexibility index (Phi) is 1.24. The molecule has 0 spiro atoms. The Bertz CT molecular complexity index is 167. The number of rotatable bonds is 1. The Morgan fingerprint density at radius 2 is 2.38 bits per heavy atom. The van der Waals surface area contributed by atoms with E-state index in [2.05, 4.69) is 16.4 Å². The predicted molar refractivity (Wildman–Crippen MR) is 35.1 cm³/mol. The van der Waals surface area contributed by atoms with Crippen molar-refractivity contribution in [1.82, 2.24) is 4.98 Å². The number of H-pyrrole nitrogens is 1. The molecule has 0 unspecified atom stereocenters. The van der Waals surface area contributed by atoms with Crippen LogP contribution in [0.15, 0.2) is 12.3 Å². The third kappa shape index (κ3) is 0.832. The number of aromatic nitrogens is 1. The van der Waals surface area contributed by atoms with E-state index in [0.29, 0.717) is 0 Å². The normalized spacial score (nSPS) is 9.25. The molecule has 2 N–H and O–H groups in total. The minimum absolute atomic E-state index is 1.14. The molecule has 0 aliphatic heterocycles. The summed E-state index contributed by atoms with van der Waals surface area (Å²) in [4.78, 5) is 3.06. The maximum Gasteiger partial charge on any atom is 0.0517 e. The average molecular weight is 110 g/mol. The van der Waals surface area contributed by atoms with E-state index >= 15 is 0 Å². The van der Waals surface area contributed by atoms with E-state index < -0.39 is 0 Å². The lowest BCUT2D eigenvalue weighted by molar-refractivity contribution is 1.27. The summed E-state index contributed by atoms with van der Waals surface area (Å²) in [7, 11) is 1.91. The summed E-state index contributed by atoms with van der Waals surface area (Å²) >= 11 is 0. The van der Waals surface area contributed by atoms with Gasteiger partial charge in [0.1, 0.15) is 0 Å². The summed E-state index contributed by atoms with van der Waals surface area (Å²) in [5.74, 6) is 0. The van der Waals surface area contributed by atoms with Gasteiger partial charge in [-0.05, 0) is 13.0 Å². The van der Waals surface area contributed by atoms with Crippen molar-refractivity contribution in [1.29, 1.82) is 0 Å². The minimum Gasteiger partial charge on any atom is -0.387 e. The number of aromatic amines is 1. The fourth-order valence-corrected chi connectivity index (χ4v) is 0.653. The van der Waals surface area contributed by atoms with E-state index in [1.54, 1.807) is 0 Å². The second-order valence-corrected chi connectivity index (χ2v) is 1.82. The first-order valence-electron chi connectivity index (χ1n) is 2.65. The van der Waals surface area contributed by atoms with E-state index in [9.17, 15) is 0 Å². The molecule has 8 heavy (non-hydrogen) atoms. The van der Waals surface area contributed by atoms with Gasteiger partial charge in [-0.15, -0.1) is 0 Å². The zero-order chi connectivity index (χ0) is 5.98. The van der Waals surface area contributed by atoms with Crippen LogP contribution in [0, 0.1) is 6.92 Å². The Balaban J connectivity index is 2.84. The van der Waals surface area contributed by atoms with Gasteiger partial charge in [0, 0.05) is 18.9 Å². The Labute approximate surface area is 48.9 Å². The number of hydrogen-bond donors (Lipinski definition) is 2. The molecule has 1 heterocycles. The van der Waals surface area contributed by atoms with Crippen LogP contribution in [0.2, 0.25) is 0 Å². The van der Waals surface area contributed by atoms with Gasteiger partial charge in [0.25, 0.3) is 0 Å². The lowest BCUT2D eigenvalue weighted by Crippen LogP contribution is -1.81. The number of aryl methyl sites for hydroxylation is 1. The first kappa shape index (κ1) is 5.22. The van der Waals surface area contributed by atoms with Crippen LogP contribution in [-0.2, 0) is 0 Å². The molecule has 0 aliphatic rings. The molecule has 0 radical (unpaired) electrons. The lowest BCUT2D eigenvalue weighted by Gasteiger charge is -1.86. The molecule has 2 nitrogen and oxygen atoms in total. The summed E-state index contributed by atoms with van der Waals surface area (Å²) in [6.45, 7) is 2.03. The maximum atomic E-state index is 3.06. The highest BCUT2D eigenvalue weighted by molar-refractivity contribution is 5.41. The van der Waals surface area contributed by atoms with Crippen LogP contribution in [0.4, 0.5) is 5.69 Å². The molecule has 0 saturated heterocycles. The molecule has 44 valence electrons. The number of anilines is 1.